The first-order chi connectivity index (χ1) is 9.69. The standard InChI is InChI=1S/C16H25BrN2O/c1-3-15-12-19(13(2)8-9-18-15)10-11-20-16-6-4-14(17)5-7-16/h4-7,13,15,18H,3,8-12H2,1-2H3. The van der Waals surface area contributed by atoms with E-state index in [4.69, 9.17) is 4.74 Å². The molecule has 0 amide bonds. The lowest BCUT2D eigenvalue weighted by atomic mass is 10.2. The molecule has 0 bridgehead atoms. The highest BCUT2D eigenvalue weighted by molar-refractivity contribution is 9.10. The molecular weight excluding hydrogens is 316 g/mol. The van der Waals surface area contributed by atoms with Crippen LogP contribution in [0.3, 0.4) is 0 Å². The summed E-state index contributed by atoms with van der Waals surface area (Å²) in [7, 11) is 0. The second-order valence-electron chi connectivity index (χ2n) is 5.49. The average Bonchev–Trinajstić information content (AvgIpc) is 2.63. The number of rotatable bonds is 5. The van der Waals surface area contributed by atoms with Gasteiger partial charge < -0.3 is 10.1 Å². The number of hydrogen-bond acceptors (Lipinski definition) is 3. The molecule has 0 radical (unpaired) electrons. The normalized spacial score (nSPS) is 24.4. The van der Waals surface area contributed by atoms with E-state index >= 15 is 0 Å². The highest BCUT2D eigenvalue weighted by atomic mass is 79.9. The Bertz CT molecular complexity index is 396. The molecular formula is C16H25BrN2O. The smallest absolute Gasteiger partial charge is 0.119 e. The maximum Gasteiger partial charge on any atom is 0.119 e. The molecule has 1 fully saturated rings. The predicted molar refractivity (Wildman–Crippen MR) is 87.4 cm³/mol. The summed E-state index contributed by atoms with van der Waals surface area (Å²) in [5.41, 5.74) is 0. The summed E-state index contributed by atoms with van der Waals surface area (Å²) < 4.78 is 6.92. The second kappa shape index (κ2) is 8.01. The van der Waals surface area contributed by atoms with Crippen molar-refractivity contribution in [2.45, 2.75) is 38.8 Å². The van der Waals surface area contributed by atoms with Crippen molar-refractivity contribution in [1.29, 1.82) is 0 Å². The summed E-state index contributed by atoms with van der Waals surface area (Å²) in [5, 5.41) is 3.62. The lowest BCUT2D eigenvalue weighted by molar-refractivity contribution is 0.164. The number of hydrogen-bond donors (Lipinski definition) is 1. The first-order valence-corrected chi connectivity index (χ1v) is 8.34. The Balaban J connectivity index is 1.80. The highest BCUT2D eigenvalue weighted by Crippen LogP contribution is 2.16. The van der Waals surface area contributed by atoms with Gasteiger partial charge in [-0.1, -0.05) is 22.9 Å². The lowest BCUT2D eigenvalue weighted by Crippen LogP contribution is -2.41. The van der Waals surface area contributed by atoms with Crippen molar-refractivity contribution >= 4 is 15.9 Å². The van der Waals surface area contributed by atoms with Crippen LogP contribution in [-0.4, -0.2) is 43.2 Å². The summed E-state index contributed by atoms with van der Waals surface area (Å²) in [6, 6.07) is 9.29. The number of nitrogens with zero attached hydrogens (tertiary/aromatic N) is 1. The molecule has 4 heteroatoms. The Kier molecular flexibility index (Phi) is 6.33. The van der Waals surface area contributed by atoms with E-state index in [1.165, 1.54) is 12.8 Å². The fourth-order valence-electron chi connectivity index (χ4n) is 2.60. The third-order valence-electron chi connectivity index (χ3n) is 4.03. The molecule has 0 aromatic heterocycles. The molecule has 0 spiro atoms. The van der Waals surface area contributed by atoms with Gasteiger partial charge in [0.25, 0.3) is 0 Å². The molecule has 1 aromatic carbocycles. The number of benzene rings is 1. The van der Waals surface area contributed by atoms with E-state index in [1.807, 2.05) is 24.3 Å². The summed E-state index contributed by atoms with van der Waals surface area (Å²) in [4.78, 5) is 2.55. The largest absolute Gasteiger partial charge is 0.492 e. The molecule has 20 heavy (non-hydrogen) atoms. The van der Waals surface area contributed by atoms with Gasteiger partial charge in [0.05, 0.1) is 0 Å². The van der Waals surface area contributed by atoms with Crippen molar-refractivity contribution in [1.82, 2.24) is 10.2 Å². The molecule has 2 atom stereocenters. The van der Waals surface area contributed by atoms with Crippen LogP contribution in [0.15, 0.2) is 28.7 Å². The van der Waals surface area contributed by atoms with Gasteiger partial charge in [0.15, 0.2) is 0 Å². The average molecular weight is 341 g/mol. The van der Waals surface area contributed by atoms with E-state index in [9.17, 15) is 0 Å². The molecule has 1 aliphatic heterocycles. The molecule has 3 nitrogen and oxygen atoms in total. The zero-order valence-corrected chi connectivity index (χ0v) is 14.0. The summed E-state index contributed by atoms with van der Waals surface area (Å²) in [6.07, 6.45) is 2.41. The number of ether oxygens (including phenoxy) is 1. The Hall–Kier alpha value is -0.580. The van der Waals surface area contributed by atoms with Gasteiger partial charge in [0, 0.05) is 29.6 Å². The zero-order valence-electron chi connectivity index (χ0n) is 12.4. The minimum absolute atomic E-state index is 0.618. The van der Waals surface area contributed by atoms with Crippen molar-refractivity contribution in [3.63, 3.8) is 0 Å². The first kappa shape index (κ1) is 15.8. The highest BCUT2D eigenvalue weighted by Gasteiger charge is 2.21. The van der Waals surface area contributed by atoms with Gasteiger partial charge in [0.1, 0.15) is 12.4 Å². The predicted octanol–water partition coefficient (Wildman–Crippen LogP) is 3.29. The van der Waals surface area contributed by atoms with Crippen LogP contribution in [0.1, 0.15) is 26.7 Å². The number of nitrogens with one attached hydrogen (secondary N) is 1. The fourth-order valence-corrected chi connectivity index (χ4v) is 2.87. The SMILES string of the molecule is CCC1CN(CCOc2ccc(Br)cc2)C(C)CCN1. The lowest BCUT2D eigenvalue weighted by Gasteiger charge is -2.28. The van der Waals surface area contributed by atoms with E-state index in [0.717, 1.165) is 36.5 Å². The topological polar surface area (TPSA) is 24.5 Å². The molecule has 1 aromatic rings. The Morgan fingerprint density at radius 2 is 2.10 bits per heavy atom. The molecule has 1 saturated heterocycles. The van der Waals surface area contributed by atoms with E-state index in [2.05, 4.69) is 40.0 Å². The quantitative estimate of drug-likeness (QED) is 0.889. The van der Waals surface area contributed by atoms with Gasteiger partial charge in [-0.2, -0.15) is 0 Å². The van der Waals surface area contributed by atoms with Crippen LogP contribution in [0.5, 0.6) is 5.75 Å². The molecule has 1 N–H and O–H groups in total. The fraction of sp³-hybridized carbons (Fsp3) is 0.625. The first-order valence-electron chi connectivity index (χ1n) is 7.55. The Morgan fingerprint density at radius 1 is 1.35 bits per heavy atom. The van der Waals surface area contributed by atoms with Crippen LogP contribution < -0.4 is 10.1 Å². The van der Waals surface area contributed by atoms with Crippen LogP contribution in [0, 0.1) is 0 Å². The van der Waals surface area contributed by atoms with Gasteiger partial charge in [-0.15, -0.1) is 0 Å². The molecule has 0 aliphatic carbocycles. The third-order valence-corrected chi connectivity index (χ3v) is 4.56. The molecule has 1 heterocycles. The van der Waals surface area contributed by atoms with Crippen LogP contribution in [0.25, 0.3) is 0 Å². The van der Waals surface area contributed by atoms with Crippen LogP contribution in [-0.2, 0) is 0 Å². The maximum atomic E-state index is 5.84. The van der Waals surface area contributed by atoms with Gasteiger partial charge in [0.2, 0.25) is 0 Å². The Morgan fingerprint density at radius 3 is 2.80 bits per heavy atom. The molecule has 112 valence electrons. The van der Waals surface area contributed by atoms with Gasteiger partial charge in [-0.25, -0.2) is 0 Å². The van der Waals surface area contributed by atoms with Crippen molar-refractivity contribution in [3.05, 3.63) is 28.7 Å². The van der Waals surface area contributed by atoms with Crippen LogP contribution >= 0.6 is 15.9 Å². The maximum absolute atomic E-state index is 5.84. The Labute approximate surface area is 130 Å². The van der Waals surface area contributed by atoms with Gasteiger partial charge >= 0.3 is 0 Å². The van der Waals surface area contributed by atoms with Crippen molar-refractivity contribution in [2.24, 2.45) is 0 Å². The van der Waals surface area contributed by atoms with Crippen LogP contribution in [0.4, 0.5) is 0 Å². The second-order valence-corrected chi connectivity index (χ2v) is 6.41. The van der Waals surface area contributed by atoms with Crippen molar-refractivity contribution < 1.29 is 4.74 Å². The molecule has 1 aliphatic rings. The van der Waals surface area contributed by atoms with Gasteiger partial charge in [-0.3, -0.25) is 4.90 Å². The summed E-state index contributed by atoms with van der Waals surface area (Å²) in [5.74, 6) is 0.945. The zero-order chi connectivity index (χ0) is 14.4. The van der Waals surface area contributed by atoms with E-state index in [0.29, 0.717) is 12.1 Å². The number of halogens is 1. The monoisotopic (exact) mass is 340 g/mol. The third kappa shape index (κ3) is 4.76. The van der Waals surface area contributed by atoms with Crippen molar-refractivity contribution in [3.8, 4) is 5.75 Å². The minimum Gasteiger partial charge on any atom is -0.492 e. The summed E-state index contributed by atoms with van der Waals surface area (Å²) >= 11 is 3.44. The van der Waals surface area contributed by atoms with Crippen LogP contribution in [0.2, 0.25) is 0 Å². The van der Waals surface area contributed by atoms with E-state index < -0.39 is 0 Å². The molecule has 2 unspecified atom stereocenters. The van der Waals surface area contributed by atoms with E-state index in [-0.39, 0.29) is 0 Å². The summed E-state index contributed by atoms with van der Waals surface area (Å²) in [6.45, 7) is 8.58. The van der Waals surface area contributed by atoms with E-state index in [1.54, 1.807) is 0 Å². The van der Waals surface area contributed by atoms with Gasteiger partial charge in [-0.05, 0) is 50.6 Å². The minimum atomic E-state index is 0.618. The van der Waals surface area contributed by atoms with Crippen molar-refractivity contribution in [2.75, 3.05) is 26.2 Å². The molecule has 2 rings (SSSR count). The molecule has 0 saturated carbocycles.